The molecule has 1 aromatic heterocycles. The molecule has 0 spiro atoms. The van der Waals surface area contributed by atoms with Crippen molar-refractivity contribution in [1.82, 2.24) is 4.98 Å². The lowest BCUT2D eigenvalue weighted by Crippen LogP contribution is -2.24. The number of alkyl halides is 3. The van der Waals surface area contributed by atoms with E-state index < -0.39 is 23.4 Å². The molecule has 0 saturated carbocycles. The summed E-state index contributed by atoms with van der Waals surface area (Å²) < 4.78 is 40.9. The zero-order valence-corrected chi connectivity index (χ0v) is 8.19. The van der Waals surface area contributed by atoms with Crippen molar-refractivity contribution in [2.45, 2.75) is 6.18 Å². The highest BCUT2D eigenvalue weighted by molar-refractivity contribution is 6.34. The molecule has 0 atom stereocenters. The van der Waals surface area contributed by atoms with E-state index in [0.29, 0.717) is 0 Å². The van der Waals surface area contributed by atoms with Gasteiger partial charge in [0.05, 0.1) is 12.1 Å². The van der Waals surface area contributed by atoms with Gasteiger partial charge in [0.15, 0.2) is 0 Å². The van der Waals surface area contributed by atoms with Gasteiger partial charge in [-0.15, -0.1) is 0 Å². The first kappa shape index (κ1) is 11.8. The van der Waals surface area contributed by atoms with Gasteiger partial charge in [-0.1, -0.05) is 11.6 Å². The number of hydrogen-bond donors (Lipinski definition) is 0. The Kier molecular flexibility index (Phi) is 3.18. The highest BCUT2D eigenvalue weighted by Crippen LogP contribution is 2.30. The molecular weight excluding hydrogens is 235 g/mol. The van der Waals surface area contributed by atoms with Crippen LogP contribution in [0.5, 0.6) is 5.88 Å². The number of aromatic nitrogens is 1. The van der Waals surface area contributed by atoms with Crippen molar-refractivity contribution in [3.05, 3.63) is 22.8 Å². The summed E-state index contributed by atoms with van der Waals surface area (Å²) in [6.07, 6.45) is -3.85. The Morgan fingerprint density at radius 1 is 1.53 bits per heavy atom. The number of nitrogens with zero attached hydrogens (tertiary/aromatic N) is 1. The SMILES string of the molecule is COc1nccc(Cl)c1C(=O)C(F)(F)F. The lowest BCUT2D eigenvalue weighted by Gasteiger charge is -2.09. The molecule has 0 aliphatic rings. The van der Waals surface area contributed by atoms with Gasteiger partial charge in [-0.25, -0.2) is 4.98 Å². The number of carbonyl (C=O) groups excluding carboxylic acids is 1. The first-order valence-electron chi connectivity index (χ1n) is 3.68. The highest BCUT2D eigenvalue weighted by atomic mass is 35.5. The van der Waals surface area contributed by atoms with Gasteiger partial charge in [-0.3, -0.25) is 4.79 Å². The molecule has 7 heteroatoms. The van der Waals surface area contributed by atoms with E-state index in [1.54, 1.807) is 0 Å². The van der Waals surface area contributed by atoms with E-state index in [2.05, 4.69) is 9.72 Å². The number of rotatable bonds is 2. The van der Waals surface area contributed by atoms with Crippen molar-refractivity contribution in [2.75, 3.05) is 7.11 Å². The fourth-order valence-electron chi connectivity index (χ4n) is 0.923. The molecule has 1 aromatic rings. The summed E-state index contributed by atoms with van der Waals surface area (Å²) in [5.74, 6) is -2.51. The third-order valence-electron chi connectivity index (χ3n) is 1.54. The first-order chi connectivity index (χ1) is 6.88. The number of ketones is 1. The van der Waals surface area contributed by atoms with Crippen LogP contribution < -0.4 is 4.74 Å². The number of halogens is 4. The molecule has 0 N–H and O–H groups in total. The van der Waals surface area contributed by atoms with Crippen molar-refractivity contribution in [2.24, 2.45) is 0 Å². The molecular formula is C8H5ClF3NO2. The van der Waals surface area contributed by atoms with Gasteiger partial charge < -0.3 is 4.74 Å². The van der Waals surface area contributed by atoms with Gasteiger partial charge in [0.2, 0.25) is 5.88 Å². The predicted molar refractivity (Wildman–Crippen MR) is 46.2 cm³/mol. The fourth-order valence-corrected chi connectivity index (χ4v) is 1.15. The summed E-state index contributed by atoms with van der Waals surface area (Å²) >= 11 is 5.47. The minimum absolute atomic E-state index is 0.343. The van der Waals surface area contributed by atoms with E-state index >= 15 is 0 Å². The predicted octanol–water partition coefficient (Wildman–Crippen LogP) is 2.49. The Bertz CT molecular complexity index is 392. The van der Waals surface area contributed by atoms with E-state index in [4.69, 9.17) is 11.6 Å². The minimum atomic E-state index is -5.00. The summed E-state index contributed by atoms with van der Waals surface area (Å²) in [5.41, 5.74) is -0.769. The van der Waals surface area contributed by atoms with Crippen molar-refractivity contribution < 1.29 is 22.7 Å². The molecule has 1 heterocycles. The average molecular weight is 240 g/mol. The molecule has 0 saturated heterocycles. The number of carbonyl (C=O) groups is 1. The Hall–Kier alpha value is -1.30. The smallest absolute Gasteiger partial charge is 0.455 e. The number of Topliss-reactive ketones (excluding diaryl/α,β-unsaturated/α-hetero) is 1. The molecule has 1 rings (SSSR count). The Balaban J connectivity index is 3.30. The second-order valence-corrected chi connectivity index (χ2v) is 2.91. The number of hydrogen-bond acceptors (Lipinski definition) is 3. The highest BCUT2D eigenvalue weighted by Gasteiger charge is 2.42. The van der Waals surface area contributed by atoms with Crippen molar-refractivity contribution >= 4 is 17.4 Å². The molecule has 0 aliphatic carbocycles. The molecule has 0 fully saturated rings. The molecule has 15 heavy (non-hydrogen) atoms. The maximum atomic E-state index is 12.1. The molecule has 82 valence electrons. The molecule has 0 aliphatic heterocycles. The van der Waals surface area contributed by atoms with Crippen molar-refractivity contribution in [3.63, 3.8) is 0 Å². The van der Waals surface area contributed by atoms with Gasteiger partial charge in [0.1, 0.15) is 5.56 Å². The zero-order chi connectivity index (χ0) is 11.6. The standard InChI is InChI=1S/C8H5ClF3NO2/c1-15-7-5(4(9)2-3-13-7)6(14)8(10,11)12/h2-3H,1H3. The van der Waals surface area contributed by atoms with Crippen LogP contribution in [0.2, 0.25) is 5.02 Å². The maximum absolute atomic E-state index is 12.1. The lowest BCUT2D eigenvalue weighted by atomic mass is 10.1. The molecule has 0 aromatic carbocycles. The summed E-state index contributed by atoms with van der Waals surface area (Å²) in [5, 5.41) is -0.343. The molecule has 0 bridgehead atoms. The zero-order valence-electron chi connectivity index (χ0n) is 7.43. The van der Waals surface area contributed by atoms with E-state index in [0.717, 1.165) is 19.4 Å². The summed E-state index contributed by atoms with van der Waals surface area (Å²) in [6, 6.07) is 1.09. The van der Waals surface area contributed by atoms with Gasteiger partial charge in [0, 0.05) is 6.20 Å². The number of pyridine rings is 1. The monoisotopic (exact) mass is 239 g/mol. The van der Waals surface area contributed by atoms with Crippen LogP contribution >= 0.6 is 11.6 Å². The van der Waals surface area contributed by atoms with Crippen LogP contribution in [0.4, 0.5) is 13.2 Å². The van der Waals surface area contributed by atoms with Crippen molar-refractivity contribution in [3.8, 4) is 5.88 Å². The Morgan fingerprint density at radius 3 is 2.60 bits per heavy atom. The molecule has 0 radical (unpaired) electrons. The van der Waals surface area contributed by atoms with E-state index in [9.17, 15) is 18.0 Å². The van der Waals surface area contributed by atoms with Crippen LogP contribution in [0.1, 0.15) is 10.4 Å². The summed E-state index contributed by atoms with van der Waals surface area (Å²) in [6.45, 7) is 0. The van der Waals surface area contributed by atoms with Gasteiger partial charge in [-0.2, -0.15) is 13.2 Å². The third kappa shape index (κ3) is 2.38. The lowest BCUT2D eigenvalue weighted by molar-refractivity contribution is -0.0886. The van der Waals surface area contributed by atoms with Crippen LogP contribution in [0.3, 0.4) is 0 Å². The molecule has 0 amide bonds. The van der Waals surface area contributed by atoms with E-state index in [1.807, 2.05) is 0 Å². The molecule has 0 unspecified atom stereocenters. The van der Waals surface area contributed by atoms with Crippen LogP contribution in [0.25, 0.3) is 0 Å². The van der Waals surface area contributed by atoms with E-state index in [1.165, 1.54) is 0 Å². The number of methoxy groups -OCH3 is 1. The fraction of sp³-hybridized carbons (Fsp3) is 0.250. The molecule has 3 nitrogen and oxygen atoms in total. The normalized spacial score (nSPS) is 11.3. The van der Waals surface area contributed by atoms with E-state index in [-0.39, 0.29) is 5.02 Å². The van der Waals surface area contributed by atoms with Crippen LogP contribution in [0.15, 0.2) is 12.3 Å². The Morgan fingerprint density at radius 2 is 2.13 bits per heavy atom. The average Bonchev–Trinajstić information content (AvgIpc) is 2.15. The van der Waals surface area contributed by atoms with Crippen LogP contribution in [0, 0.1) is 0 Å². The second-order valence-electron chi connectivity index (χ2n) is 2.50. The van der Waals surface area contributed by atoms with Crippen LogP contribution in [-0.4, -0.2) is 24.1 Å². The second kappa shape index (κ2) is 4.06. The topological polar surface area (TPSA) is 39.2 Å². The van der Waals surface area contributed by atoms with Crippen molar-refractivity contribution in [1.29, 1.82) is 0 Å². The van der Waals surface area contributed by atoms with Gasteiger partial charge in [-0.05, 0) is 6.07 Å². The van der Waals surface area contributed by atoms with Crippen LogP contribution in [-0.2, 0) is 0 Å². The third-order valence-corrected chi connectivity index (χ3v) is 1.86. The Labute approximate surface area is 87.8 Å². The van der Waals surface area contributed by atoms with Gasteiger partial charge in [0.25, 0.3) is 5.78 Å². The number of ether oxygens (including phenoxy) is 1. The maximum Gasteiger partial charge on any atom is 0.455 e. The summed E-state index contributed by atoms with van der Waals surface area (Å²) in [4.78, 5) is 14.4. The van der Waals surface area contributed by atoms with Gasteiger partial charge >= 0.3 is 6.18 Å². The quantitative estimate of drug-likeness (QED) is 0.745. The summed E-state index contributed by atoms with van der Waals surface area (Å²) in [7, 11) is 1.10. The minimum Gasteiger partial charge on any atom is -0.480 e. The first-order valence-corrected chi connectivity index (χ1v) is 4.05. The largest absolute Gasteiger partial charge is 0.480 e.